The number of carbonyl (C=O) groups is 1. The normalized spacial score (nSPS) is 18.8. The molecule has 2 aliphatic rings. The van der Waals surface area contributed by atoms with E-state index in [2.05, 4.69) is 31.2 Å². The Labute approximate surface area is 178 Å². The molecular formula is C23H32N6O. The number of carbonyl (C=O) groups excluding carboxylic acids is 1. The molecule has 2 aromatic heterocycles. The van der Waals surface area contributed by atoms with E-state index in [0.29, 0.717) is 24.9 Å². The summed E-state index contributed by atoms with van der Waals surface area (Å²) in [5.74, 6) is 2.67. The number of hydrogen-bond acceptors (Lipinski definition) is 6. The van der Waals surface area contributed by atoms with Gasteiger partial charge in [0.05, 0.1) is 0 Å². The van der Waals surface area contributed by atoms with E-state index >= 15 is 0 Å². The van der Waals surface area contributed by atoms with Gasteiger partial charge in [-0.3, -0.25) is 9.78 Å². The number of hydrogen-bond donors (Lipinski definition) is 1. The Balaban J connectivity index is 1.23. The summed E-state index contributed by atoms with van der Waals surface area (Å²) in [5.41, 5.74) is 1.03. The SMILES string of the molecule is CN(CCc1ccccn1)C(=O)CCC1CCCN(c2cc(NC3CC3)ncn2)C1. The van der Waals surface area contributed by atoms with E-state index < -0.39 is 0 Å². The average molecular weight is 409 g/mol. The van der Waals surface area contributed by atoms with E-state index in [1.807, 2.05) is 30.1 Å². The molecule has 7 heteroatoms. The molecule has 1 atom stereocenters. The number of aromatic nitrogens is 3. The van der Waals surface area contributed by atoms with Gasteiger partial charge in [-0.05, 0) is 50.2 Å². The smallest absolute Gasteiger partial charge is 0.222 e. The zero-order chi connectivity index (χ0) is 20.8. The van der Waals surface area contributed by atoms with E-state index in [4.69, 9.17) is 0 Å². The summed E-state index contributed by atoms with van der Waals surface area (Å²) in [7, 11) is 1.90. The highest BCUT2D eigenvalue weighted by Gasteiger charge is 2.24. The minimum absolute atomic E-state index is 0.223. The molecule has 160 valence electrons. The van der Waals surface area contributed by atoms with Crippen molar-refractivity contribution in [3.05, 3.63) is 42.5 Å². The second kappa shape index (κ2) is 9.87. The van der Waals surface area contributed by atoms with Crippen LogP contribution in [0.25, 0.3) is 0 Å². The molecule has 0 radical (unpaired) electrons. The molecule has 2 aromatic rings. The number of anilines is 2. The number of rotatable bonds is 9. The molecule has 1 saturated carbocycles. The molecule has 30 heavy (non-hydrogen) atoms. The number of pyridine rings is 1. The van der Waals surface area contributed by atoms with E-state index in [1.165, 1.54) is 19.3 Å². The van der Waals surface area contributed by atoms with Crippen molar-refractivity contribution in [1.82, 2.24) is 19.9 Å². The molecule has 1 aliphatic heterocycles. The Hall–Kier alpha value is -2.70. The zero-order valence-electron chi connectivity index (χ0n) is 17.8. The van der Waals surface area contributed by atoms with Crippen LogP contribution < -0.4 is 10.2 Å². The molecule has 2 fully saturated rings. The third-order valence-corrected chi connectivity index (χ3v) is 6.05. The van der Waals surface area contributed by atoms with Crippen molar-refractivity contribution in [3.8, 4) is 0 Å². The number of piperidine rings is 1. The monoisotopic (exact) mass is 408 g/mol. The highest BCUT2D eigenvalue weighted by Crippen LogP contribution is 2.28. The first-order valence-corrected chi connectivity index (χ1v) is 11.1. The maximum atomic E-state index is 12.6. The number of nitrogens with one attached hydrogen (secondary N) is 1. The van der Waals surface area contributed by atoms with E-state index in [0.717, 1.165) is 49.7 Å². The summed E-state index contributed by atoms with van der Waals surface area (Å²) >= 11 is 0. The summed E-state index contributed by atoms with van der Waals surface area (Å²) in [6, 6.07) is 8.56. The van der Waals surface area contributed by atoms with Crippen molar-refractivity contribution in [3.63, 3.8) is 0 Å². The fourth-order valence-electron chi connectivity index (χ4n) is 4.02. The van der Waals surface area contributed by atoms with Crippen LogP contribution in [-0.2, 0) is 11.2 Å². The largest absolute Gasteiger partial charge is 0.367 e. The topological polar surface area (TPSA) is 74.2 Å². The summed E-state index contributed by atoms with van der Waals surface area (Å²) in [4.78, 5) is 29.9. The molecule has 1 amide bonds. The minimum atomic E-state index is 0.223. The van der Waals surface area contributed by atoms with Crippen LogP contribution in [0.3, 0.4) is 0 Å². The Kier molecular flexibility index (Phi) is 6.77. The lowest BCUT2D eigenvalue weighted by Gasteiger charge is -2.33. The first-order valence-electron chi connectivity index (χ1n) is 11.1. The third kappa shape index (κ3) is 5.90. The molecule has 4 rings (SSSR count). The molecule has 1 aliphatic carbocycles. The Morgan fingerprint density at radius 1 is 1.23 bits per heavy atom. The van der Waals surface area contributed by atoms with Crippen LogP contribution in [-0.4, -0.2) is 58.5 Å². The van der Waals surface area contributed by atoms with Gasteiger partial charge in [0, 0.05) is 63.5 Å². The van der Waals surface area contributed by atoms with Crippen LogP contribution in [0.4, 0.5) is 11.6 Å². The molecule has 1 unspecified atom stereocenters. The van der Waals surface area contributed by atoms with Gasteiger partial charge in [-0.2, -0.15) is 0 Å². The molecular weight excluding hydrogens is 376 g/mol. The molecule has 7 nitrogen and oxygen atoms in total. The Morgan fingerprint density at radius 3 is 2.93 bits per heavy atom. The first-order chi connectivity index (χ1) is 14.7. The maximum Gasteiger partial charge on any atom is 0.222 e. The second-order valence-corrected chi connectivity index (χ2v) is 8.56. The van der Waals surface area contributed by atoms with Gasteiger partial charge in [0.1, 0.15) is 18.0 Å². The summed E-state index contributed by atoms with van der Waals surface area (Å²) in [6.07, 6.45) is 10.6. The predicted octanol–water partition coefficient (Wildman–Crippen LogP) is 3.14. The van der Waals surface area contributed by atoms with Gasteiger partial charge >= 0.3 is 0 Å². The van der Waals surface area contributed by atoms with Gasteiger partial charge in [-0.25, -0.2) is 9.97 Å². The summed E-state index contributed by atoms with van der Waals surface area (Å²) in [5, 5.41) is 3.45. The molecule has 1 N–H and O–H groups in total. The molecule has 3 heterocycles. The van der Waals surface area contributed by atoms with Gasteiger partial charge in [-0.15, -0.1) is 0 Å². The quantitative estimate of drug-likeness (QED) is 0.687. The predicted molar refractivity (Wildman–Crippen MR) is 118 cm³/mol. The third-order valence-electron chi connectivity index (χ3n) is 6.05. The minimum Gasteiger partial charge on any atom is -0.367 e. The van der Waals surface area contributed by atoms with Crippen molar-refractivity contribution < 1.29 is 4.79 Å². The van der Waals surface area contributed by atoms with Crippen molar-refractivity contribution >= 4 is 17.5 Å². The second-order valence-electron chi connectivity index (χ2n) is 8.56. The average Bonchev–Trinajstić information content (AvgIpc) is 3.61. The van der Waals surface area contributed by atoms with Crippen LogP contribution in [0.5, 0.6) is 0 Å². The number of nitrogens with zero attached hydrogens (tertiary/aromatic N) is 5. The highest BCUT2D eigenvalue weighted by molar-refractivity contribution is 5.75. The first kappa shape index (κ1) is 20.6. The van der Waals surface area contributed by atoms with E-state index in [-0.39, 0.29) is 5.91 Å². The van der Waals surface area contributed by atoms with Crippen LogP contribution >= 0.6 is 0 Å². The van der Waals surface area contributed by atoms with Gasteiger partial charge in [0.25, 0.3) is 0 Å². The fourth-order valence-corrected chi connectivity index (χ4v) is 4.02. The zero-order valence-corrected chi connectivity index (χ0v) is 17.8. The van der Waals surface area contributed by atoms with Crippen LogP contribution in [0.15, 0.2) is 36.8 Å². The Bertz CT molecular complexity index is 825. The van der Waals surface area contributed by atoms with E-state index in [9.17, 15) is 4.79 Å². The number of amides is 1. The molecule has 1 saturated heterocycles. The van der Waals surface area contributed by atoms with Crippen molar-refractivity contribution in [1.29, 1.82) is 0 Å². The standard InChI is InChI=1S/C23H32N6O/c1-28(14-11-19-6-2-3-12-24-19)23(30)10-7-18-5-4-13-29(16-18)22-15-21(25-17-26-22)27-20-8-9-20/h2-3,6,12,15,17-18,20H,4-5,7-11,13-14,16H2,1H3,(H,25,26,27). The summed E-state index contributed by atoms with van der Waals surface area (Å²) in [6.45, 7) is 2.70. The van der Waals surface area contributed by atoms with Crippen molar-refractivity contribution in [2.45, 2.75) is 51.0 Å². The van der Waals surface area contributed by atoms with Crippen molar-refractivity contribution in [2.75, 3.05) is 36.9 Å². The lowest BCUT2D eigenvalue weighted by molar-refractivity contribution is -0.130. The van der Waals surface area contributed by atoms with Crippen molar-refractivity contribution in [2.24, 2.45) is 5.92 Å². The van der Waals surface area contributed by atoms with Gasteiger partial charge in [0.15, 0.2) is 0 Å². The molecule has 0 spiro atoms. The number of likely N-dealkylation sites (N-methyl/N-ethyl adjacent to an activating group) is 1. The lowest BCUT2D eigenvalue weighted by Crippen LogP contribution is -2.37. The summed E-state index contributed by atoms with van der Waals surface area (Å²) < 4.78 is 0. The van der Waals surface area contributed by atoms with Crippen LogP contribution in [0.2, 0.25) is 0 Å². The van der Waals surface area contributed by atoms with Crippen LogP contribution in [0.1, 0.15) is 44.2 Å². The highest BCUT2D eigenvalue weighted by atomic mass is 16.2. The van der Waals surface area contributed by atoms with Crippen LogP contribution in [0, 0.1) is 5.92 Å². The maximum absolute atomic E-state index is 12.6. The van der Waals surface area contributed by atoms with Gasteiger partial charge in [0.2, 0.25) is 5.91 Å². The Morgan fingerprint density at radius 2 is 2.13 bits per heavy atom. The molecule has 0 bridgehead atoms. The molecule has 0 aromatic carbocycles. The van der Waals surface area contributed by atoms with Gasteiger partial charge < -0.3 is 15.1 Å². The fraction of sp³-hybridized carbons (Fsp3) is 0.565. The lowest BCUT2D eigenvalue weighted by atomic mass is 9.93. The van der Waals surface area contributed by atoms with Gasteiger partial charge in [-0.1, -0.05) is 6.07 Å². The van der Waals surface area contributed by atoms with E-state index in [1.54, 1.807) is 12.5 Å².